The molecule has 0 radical (unpaired) electrons. The molecule has 166 valence electrons. The van der Waals surface area contributed by atoms with Gasteiger partial charge in [0, 0.05) is 31.3 Å². The summed E-state index contributed by atoms with van der Waals surface area (Å²) in [4.78, 5) is 22.8. The molecular formula is C22H27N3O5S. The van der Waals surface area contributed by atoms with Gasteiger partial charge in [-0.15, -0.1) is 0 Å². The van der Waals surface area contributed by atoms with Gasteiger partial charge in [0.15, 0.2) is 0 Å². The second kappa shape index (κ2) is 10.0. The molecule has 1 N–H and O–H groups in total. The van der Waals surface area contributed by atoms with Gasteiger partial charge in [0.05, 0.1) is 16.2 Å². The third-order valence-corrected chi connectivity index (χ3v) is 7.48. The molecule has 1 aliphatic rings. The standard InChI is InChI=1S/C22H27N3O5S/c1-17-5-11-21(12-6-17)31(29,30)24-15-3-2-4-19(24)13-14-23-22(26)16-18-7-9-20(10-8-18)25(27)28/h5-12,19H,2-4,13-16H2,1H3,(H,23,26). The van der Waals surface area contributed by atoms with Gasteiger partial charge in [-0.1, -0.05) is 36.2 Å². The van der Waals surface area contributed by atoms with Gasteiger partial charge in [0.25, 0.3) is 5.69 Å². The zero-order valence-corrected chi connectivity index (χ0v) is 18.3. The predicted molar refractivity (Wildman–Crippen MR) is 117 cm³/mol. The molecule has 1 atom stereocenters. The first kappa shape index (κ1) is 22.9. The zero-order valence-electron chi connectivity index (χ0n) is 17.5. The number of rotatable bonds is 8. The normalized spacial score (nSPS) is 17.3. The Hall–Kier alpha value is -2.78. The number of sulfonamides is 1. The number of carbonyl (C=O) groups excluding carboxylic acids is 1. The number of nitrogens with one attached hydrogen (secondary N) is 1. The van der Waals surface area contributed by atoms with Crippen molar-refractivity contribution in [1.82, 2.24) is 9.62 Å². The van der Waals surface area contributed by atoms with E-state index in [2.05, 4.69) is 5.32 Å². The summed E-state index contributed by atoms with van der Waals surface area (Å²) >= 11 is 0. The number of nitrogens with zero attached hydrogens (tertiary/aromatic N) is 2. The molecule has 1 aliphatic heterocycles. The van der Waals surface area contributed by atoms with E-state index in [0.29, 0.717) is 30.0 Å². The smallest absolute Gasteiger partial charge is 0.269 e. The van der Waals surface area contributed by atoms with Crippen LogP contribution in [-0.4, -0.2) is 42.7 Å². The number of hydrogen-bond acceptors (Lipinski definition) is 5. The van der Waals surface area contributed by atoms with E-state index in [0.717, 1.165) is 24.8 Å². The van der Waals surface area contributed by atoms with Crippen molar-refractivity contribution in [1.29, 1.82) is 0 Å². The van der Waals surface area contributed by atoms with Crippen LogP contribution < -0.4 is 5.32 Å². The Morgan fingerprint density at radius 1 is 1.13 bits per heavy atom. The first-order chi connectivity index (χ1) is 14.8. The van der Waals surface area contributed by atoms with Crippen LogP contribution in [0.3, 0.4) is 0 Å². The first-order valence-electron chi connectivity index (χ1n) is 10.4. The van der Waals surface area contributed by atoms with Gasteiger partial charge in [0.2, 0.25) is 15.9 Å². The lowest BCUT2D eigenvalue weighted by Gasteiger charge is -2.34. The van der Waals surface area contributed by atoms with Crippen LogP contribution in [0.5, 0.6) is 0 Å². The third-order valence-electron chi connectivity index (χ3n) is 5.51. The predicted octanol–water partition coefficient (Wildman–Crippen LogP) is 3.20. The molecule has 9 heteroatoms. The van der Waals surface area contributed by atoms with E-state index in [-0.39, 0.29) is 24.1 Å². The van der Waals surface area contributed by atoms with Crippen LogP contribution >= 0.6 is 0 Å². The SMILES string of the molecule is Cc1ccc(S(=O)(=O)N2CCCCC2CCNC(=O)Cc2ccc([N+](=O)[O-])cc2)cc1. The number of non-ortho nitro benzene ring substituents is 1. The Balaban J connectivity index is 1.56. The van der Waals surface area contributed by atoms with E-state index in [9.17, 15) is 23.3 Å². The molecular weight excluding hydrogens is 418 g/mol. The molecule has 0 aromatic heterocycles. The topological polar surface area (TPSA) is 110 Å². The Bertz CT molecular complexity index is 1020. The molecule has 0 saturated carbocycles. The molecule has 2 aromatic carbocycles. The van der Waals surface area contributed by atoms with E-state index in [1.54, 1.807) is 40.7 Å². The second-order valence-electron chi connectivity index (χ2n) is 7.82. The number of piperidine rings is 1. The monoisotopic (exact) mass is 445 g/mol. The van der Waals surface area contributed by atoms with Crippen LogP contribution in [-0.2, 0) is 21.2 Å². The summed E-state index contributed by atoms with van der Waals surface area (Å²) in [6, 6.07) is 12.6. The lowest BCUT2D eigenvalue weighted by atomic mass is 10.0. The summed E-state index contributed by atoms with van der Waals surface area (Å²) in [5.41, 5.74) is 1.67. The van der Waals surface area contributed by atoms with Gasteiger partial charge < -0.3 is 5.32 Å². The fraction of sp³-hybridized carbons (Fsp3) is 0.409. The minimum Gasteiger partial charge on any atom is -0.356 e. The van der Waals surface area contributed by atoms with Crippen molar-refractivity contribution in [3.8, 4) is 0 Å². The highest BCUT2D eigenvalue weighted by Gasteiger charge is 2.33. The van der Waals surface area contributed by atoms with Gasteiger partial charge in [-0.3, -0.25) is 14.9 Å². The molecule has 8 nitrogen and oxygen atoms in total. The largest absolute Gasteiger partial charge is 0.356 e. The summed E-state index contributed by atoms with van der Waals surface area (Å²) in [5.74, 6) is -0.197. The minimum absolute atomic E-state index is 0.0173. The lowest BCUT2D eigenvalue weighted by molar-refractivity contribution is -0.384. The quantitative estimate of drug-likeness (QED) is 0.496. The first-order valence-corrected chi connectivity index (χ1v) is 11.8. The average Bonchev–Trinajstić information content (AvgIpc) is 2.74. The molecule has 1 fully saturated rings. The van der Waals surface area contributed by atoms with Crippen LogP contribution in [0.15, 0.2) is 53.4 Å². The molecule has 1 saturated heterocycles. The summed E-state index contributed by atoms with van der Waals surface area (Å²) in [5, 5.41) is 13.5. The molecule has 0 bridgehead atoms. The Morgan fingerprint density at radius 2 is 1.81 bits per heavy atom. The van der Waals surface area contributed by atoms with Gasteiger partial charge in [-0.05, 0) is 43.9 Å². The number of nitro benzene ring substituents is 1. The molecule has 31 heavy (non-hydrogen) atoms. The van der Waals surface area contributed by atoms with Crippen molar-refractivity contribution >= 4 is 21.6 Å². The molecule has 0 spiro atoms. The van der Waals surface area contributed by atoms with Crippen molar-refractivity contribution in [3.63, 3.8) is 0 Å². The number of carbonyl (C=O) groups is 1. The molecule has 2 aromatic rings. The number of hydrogen-bond donors (Lipinski definition) is 1. The van der Waals surface area contributed by atoms with Gasteiger partial charge >= 0.3 is 0 Å². The maximum atomic E-state index is 13.1. The highest BCUT2D eigenvalue weighted by atomic mass is 32.2. The van der Waals surface area contributed by atoms with Gasteiger partial charge in [0.1, 0.15) is 0 Å². The lowest BCUT2D eigenvalue weighted by Crippen LogP contribution is -2.45. The van der Waals surface area contributed by atoms with Crippen LogP contribution in [0.1, 0.15) is 36.8 Å². The third kappa shape index (κ3) is 5.89. The molecule has 3 rings (SSSR count). The Labute approximate surface area is 182 Å². The number of amides is 1. The van der Waals surface area contributed by atoms with E-state index in [1.807, 2.05) is 6.92 Å². The summed E-state index contributed by atoms with van der Waals surface area (Å²) in [6.45, 7) is 2.77. The fourth-order valence-electron chi connectivity index (χ4n) is 3.79. The van der Waals surface area contributed by atoms with E-state index >= 15 is 0 Å². The number of benzene rings is 2. The van der Waals surface area contributed by atoms with Crippen LogP contribution in [0.2, 0.25) is 0 Å². The summed E-state index contributed by atoms with van der Waals surface area (Å²) in [6.07, 6.45) is 3.21. The van der Waals surface area contributed by atoms with Crippen molar-refractivity contribution in [3.05, 3.63) is 69.8 Å². The minimum atomic E-state index is -3.57. The summed E-state index contributed by atoms with van der Waals surface area (Å²) < 4.78 is 27.8. The highest BCUT2D eigenvalue weighted by molar-refractivity contribution is 7.89. The van der Waals surface area contributed by atoms with E-state index in [1.165, 1.54) is 12.1 Å². The van der Waals surface area contributed by atoms with Crippen molar-refractivity contribution in [2.45, 2.75) is 50.0 Å². The molecule has 0 aliphatic carbocycles. The van der Waals surface area contributed by atoms with Crippen molar-refractivity contribution in [2.24, 2.45) is 0 Å². The molecule has 1 amide bonds. The van der Waals surface area contributed by atoms with Crippen LogP contribution in [0.25, 0.3) is 0 Å². The zero-order chi connectivity index (χ0) is 22.4. The summed E-state index contributed by atoms with van der Waals surface area (Å²) in [7, 11) is -3.57. The molecule has 1 unspecified atom stereocenters. The van der Waals surface area contributed by atoms with Gasteiger partial charge in [-0.2, -0.15) is 4.31 Å². The average molecular weight is 446 g/mol. The van der Waals surface area contributed by atoms with E-state index < -0.39 is 14.9 Å². The number of nitro groups is 1. The van der Waals surface area contributed by atoms with Crippen molar-refractivity contribution in [2.75, 3.05) is 13.1 Å². The van der Waals surface area contributed by atoms with Crippen LogP contribution in [0.4, 0.5) is 5.69 Å². The maximum absolute atomic E-state index is 13.1. The second-order valence-corrected chi connectivity index (χ2v) is 9.71. The van der Waals surface area contributed by atoms with E-state index in [4.69, 9.17) is 0 Å². The van der Waals surface area contributed by atoms with Gasteiger partial charge in [-0.25, -0.2) is 8.42 Å². The fourth-order valence-corrected chi connectivity index (χ4v) is 5.51. The van der Waals surface area contributed by atoms with Crippen LogP contribution in [0, 0.1) is 17.0 Å². The number of aryl methyl sites for hydroxylation is 1. The molecule has 1 heterocycles. The Morgan fingerprint density at radius 3 is 2.45 bits per heavy atom. The highest BCUT2D eigenvalue weighted by Crippen LogP contribution is 2.27. The van der Waals surface area contributed by atoms with Crippen molar-refractivity contribution < 1.29 is 18.1 Å². The Kier molecular flexibility index (Phi) is 7.40. The maximum Gasteiger partial charge on any atom is 0.269 e.